The topological polar surface area (TPSA) is 44.0 Å². The van der Waals surface area contributed by atoms with E-state index in [0.717, 1.165) is 5.56 Å². The average Bonchev–Trinajstić information content (AvgIpc) is 2.43. The van der Waals surface area contributed by atoms with Crippen LogP contribution in [0.15, 0.2) is 52.2 Å². The first-order chi connectivity index (χ1) is 9.22. The zero-order chi connectivity index (χ0) is 13.7. The third-order valence-corrected chi connectivity index (χ3v) is 3.12. The number of alkyl halides is 1. The van der Waals surface area contributed by atoms with E-state index in [1.807, 2.05) is 30.3 Å². The van der Waals surface area contributed by atoms with Crippen molar-refractivity contribution < 1.29 is 0 Å². The van der Waals surface area contributed by atoms with Gasteiger partial charge < -0.3 is 0 Å². The molecule has 1 heterocycles. The smallest absolute Gasteiger partial charge is 0.296 e. The molecule has 0 aliphatic carbocycles. The molecule has 0 aliphatic rings. The van der Waals surface area contributed by atoms with Crippen molar-refractivity contribution in [2.45, 2.75) is 19.5 Å². The van der Waals surface area contributed by atoms with E-state index in [0.29, 0.717) is 25.4 Å². The van der Waals surface area contributed by atoms with Gasteiger partial charge >= 0.3 is 5.69 Å². The summed E-state index contributed by atoms with van der Waals surface area (Å²) in [4.78, 5) is 23.8. The minimum absolute atomic E-state index is 0.278. The SMILES string of the molecule is O=c1ccn(Cc2ccccc2)c(=O)n1CCCCl. The summed E-state index contributed by atoms with van der Waals surface area (Å²) in [6.07, 6.45) is 2.14. The molecule has 0 aliphatic heterocycles. The lowest BCUT2D eigenvalue weighted by molar-refractivity contribution is 0.567. The van der Waals surface area contributed by atoms with E-state index in [2.05, 4.69) is 0 Å². The Morgan fingerprint density at radius 1 is 1.05 bits per heavy atom. The van der Waals surface area contributed by atoms with Crippen molar-refractivity contribution in [1.29, 1.82) is 0 Å². The molecule has 0 saturated carbocycles. The molecule has 0 radical (unpaired) electrons. The number of rotatable bonds is 5. The van der Waals surface area contributed by atoms with Crippen LogP contribution in [-0.4, -0.2) is 15.0 Å². The maximum Gasteiger partial charge on any atom is 0.331 e. The lowest BCUT2D eigenvalue weighted by Crippen LogP contribution is -2.39. The summed E-state index contributed by atoms with van der Waals surface area (Å²) < 4.78 is 2.76. The molecule has 0 amide bonds. The van der Waals surface area contributed by atoms with Gasteiger partial charge in [-0.15, -0.1) is 11.6 Å². The van der Waals surface area contributed by atoms with E-state index in [-0.39, 0.29) is 11.2 Å². The van der Waals surface area contributed by atoms with Gasteiger partial charge in [-0.05, 0) is 12.0 Å². The first-order valence-corrected chi connectivity index (χ1v) is 6.66. The van der Waals surface area contributed by atoms with Crippen LogP contribution >= 0.6 is 11.6 Å². The van der Waals surface area contributed by atoms with Crippen molar-refractivity contribution in [2.24, 2.45) is 0 Å². The van der Waals surface area contributed by atoms with Gasteiger partial charge in [0, 0.05) is 24.7 Å². The normalized spacial score (nSPS) is 10.6. The Bertz CT molecular complexity index is 646. The first-order valence-electron chi connectivity index (χ1n) is 6.12. The second-order valence-electron chi connectivity index (χ2n) is 4.24. The van der Waals surface area contributed by atoms with Gasteiger partial charge in [0.25, 0.3) is 5.56 Å². The molecular weight excluding hydrogens is 264 g/mol. The second-order valence-corrected chi connectivity index (χ2v) is 4.62. The quantitative estimate of drug-likeness (QED) is 0.781. The zero-order valence-electron chi connectivity index (χ0n) is 10.5. The zero-order valence-corrected chi connectivity index (χ0v) is 11.2. The van der Waals surface area contributed by atoms with Crippen molar-refractivity contribution in [3.63, 3.8) is 0 Å². The summed E-state index contributed by atoms with van der Waals surface area (Å²) in [5, 5.41) is 0. The standard InChI is InChI=1S/C14H15ClN2O2/c15-8-4-9-17-13(18)7-10-16(14(17)19)11-12-5-2-1-3-6-12/h1-3,5-7,10H,4,8-9,11H2. The number of halogens is 1. The Kier molecular flexibility index (Phi) is 4.58. The fraction of sp³-hybridized carbons (Fsp3) is 0.286. The fourth-order valence-corrected chi connectivity index (χ4v) is 2.00. The second kappa shape index (κ2) is 6.38. The van der Waals surface area contributed by atoms with Crippen LogP contribution in [-0.2, 0) is 13.1 Å². The van der Waals surface area contributed by atoms with Crippen LogP contribution in [0.1, 0.15) is 12.0 Å². The van der Waals surface area contributed by atoms with Crippen LogP contribution in [0, 0.1) is 0 Å². The molecule has 5 heteroatoms. The van der Waals surface area contributed by atoms with Crippen molar-refractivity contribution >= 4 is 11.6 Å². The van der Waals surface area contributed by atoms with E-state index in [1.165, 1.54) is 21.4 Å². The van der Waals surface area contributed by atoms with Crippen molar-refractivity contribution in [2.75, 3.05) is 5.88 Å². The molecule has 0 N–H and O–H groups in total. The van der Waals surface area contributed by atoms with E-state index < -0.39 is 0 Å². The Balaban J connectivity index is 2.32. The maximum absolute atomic E-state index is 12.2. The lowest BCUT2D eigenvalue weighted by atomic mass is 10.2. The highest BCUT2D eigenvalue weighted by Gasteiger charge is 2.05. The van der Waals surface area contributed by atoms with Gasteiger partial charge in [0.15, 0.2) is 0 Å². The maximum atomic E-state index is 12.2. The van der Waals surface area contributed by atoms with E-state index in [9.17, 15) is 9.59 Å². The van der Waals surface area contributed by atoms with Crippen molar-refractivity contribution in [1.82, 2.24) is 9.13 Å². The van der Waals surface area contributed by atoms with Gasteiger partial charge in [-0.3, -0.25) is 13.9 Å². The number of benzene rings is 1. The van der Waals surface area contributed by atoms with Crippen LogP contribution in [0.2, 0.25) is 0 Å². The molecule has 0 unspecified atom stereocenters. The minimum atomic E-state index is -0.290. The Labute approximate surface area is 115 Å². The van der Waals surface area contributed by atoms with Gasteiger partial charge in [-0.25, -0.2) is 4.79 Å². The summed E-state index contributed by atoms with van der Waals surface area (Å²) in [5.41, 5.74) is 0.452. The average molecular weight is 279 g/mol. The first kappa shape index (κ1) is 13.6. The highest BCUT2D eigenvalue weighted by molar-refractivity contribution is 6.17. The van der Waals surface area contributed by atoms with Gasteiger partial charge in [0.05, 0.1) is 6.54 Å². The molecule has 100 valence electrons. The van der Waals surface area contributed by atoms with Gasteiger partial charge in [-0.2, -0.15) is 0 Å². The number of hydrogen-bond acceptors (Lipinski definition) is 2. The summed E-state index contributed by atoms with van der Waals surface area (Å²) >= 11 is 5.60. The van der Waals surface area contributed by atoms with Crippen LogP contribution < -0.4 is 11.2 Å². The van der Waals surface area contributed by atoms with E-state index in [1.54, 1.807) is 0 Å². The Hall–Kier alpha value is -1.81. The highest BCUT2D eigenvalue weighted by Crippen LogP contribution is 1.99. The molecule has 2 aromatic rings. The van der Waals surface area contributed by atoms with Gasteiger partial charge in [0.2, 0.25) is 0 Å². The highest BCUT2D eigenvalue weighted by atomic mass is 35.5. The van der Waals surface area contributed by atoms with Crippen LogP contribution in [0.5, 0.6) is 0 Å². The summed E-state index contributed by atoms with van der Waals surface area (Å²) in [7, 11) is 0. The minimum Gasteiger partial charge on any atom is -0.296 e. The molecule has 1 aromatic carbocycles. The van der Waals surface area contributed by atoms with E-state index in [4.69, 9.17) is 11.6 Å². The third-order valence-electron chi connectivity index (χ3n) is 2.85. The van der Waals surface area contributed by atoms with Gasteiger partial charge in [-0.1, -0.05) is 30.3 Å². The van der Waals surface area contributed by atoms with Crippen molar-refractivity contribution in [3.8, 4) is 0 Å². The summed E-state index contributed by atoms with van der Waals surface area (Å²) in [5.74, 6) is 0.430. The Morgan fingerprint density at radius 3 is 2.47 bits per heavy atom. The van der Waals surface area contributed by atoms with E-state index >= 15 is 0 Å². The number of aromatic nitrogens is 2. The van der Waals surface area contributed by atoms with Gasteiger partial charge in [0.1, 0.15) is 0 Å². The molecular formula is C14H15ClN2O2. The van der Waals surface area contributed by atoms with Crippen LogP contribution in [0.3, 0.4) is 0 Å². The summed E-state index contributed by atoms with van der Waals surface area (Å²) in [6, 6.07) is 11.1. The number of hydrogen-bond donors (Lipinski definition) is 0. The monoisotopic (exact) mass is 278 g/mol. The third kappa shape index (κ3) is 3.35. The molecule has 0 bridgehead atoms. The molecule has 0 saturated heterocycles. The number of nitrogens with zero attached hydrogens (tertiary/aromatic N) is 2. The van der Waals surface area contributed by atoms with Crippen molar-refractivity contribution in [3.05, 3.63) is 69.0 Å². The molecule has 19 heavy (non-hydrogen) atoms. The van der Waals surface area contributed by atoms with Crippen LogP contribution in [0.25, 0.3) is 0 Å². The molecule has 0 spiro atoms. The predicted molar refractivity (Wildman–Crippen MR) is 75.8 cm³/mol. The van der Waals surface area contributed by atoms with Crippen LogP contribution in [0.4, 0.5) is 0 Å². The lowest BCUT2D eigenvalue weighted by Gasteiger charge is -2.09. The largest absolute Gasteiger partial charge is 0.331 e. The fourth-order valence-electron chi connectivity index (χ4n) is 1.88. The summed E-state index contributed by atoms with van der Waals surface area (Å²) in [6.45, 7) is 0.817. The molecule has 0 atom stereocenters. The predicted octanol–water partition coefficient (Wildman–Crippen LogP) is 1.69. The molecule has 0 fully saturated rings. The molecule has 2 rings (SSSR count). The molecule has 4 nitrogen and oxygen atoms in total. The Morgan fingerprint density at radius 2 is 1.79 bits per heavy atom. The molecule has 1 aromatic heterocycles.